The third-order valence-electron chi connectivity index (χ3n) is 4.67. The third kappa shape index (κ3) is 3.21. The van der Waals surface area contributed by atoms with Crippen molar-refractivity contribution < 1.29 is 5.11 Å². The topological polar surface area (TPSA) is 65.7 Å². The quantitative estimate of drug-likeness (QED) is 0.687. The Bertz CT molecular complexity index is 867. The highest BCUT2D eigenvalue weighted by Gasteiger charge is 2.25. The minimum atomic E-state index is 0.185. The summed E-state index contributed by atoms with van der Waals surface area (Å²) in [5.74, 6) is 0.922. The van der Waals surface area contributed by atoms with Crippen LogP contribution in [-0.4, -0.2) is 38.9 Å². The molecule has 0 bridgehead atoms. The van der Waals surface area contributed by atoms with Gasteiger partial charge >= 0.3 is 0 Å². The highest BCUT2D eigenvalue weighted by molar-refractivity contribution is 9.10. The standard InChI is InChI=1S/C18H20BrN5O/c19-16-11-22-24-17(16)7-15(23-6-2-4-14(23)12-25)8-18(24)21-10-13-3-1-5-20-9-13/h1,3,5,7-9,11,14,21,25H,2,4,6,10,12H2/t14-/m1/s1. The number of aliphatic hydroxyl groups excluding tert-OH is 1. The summed E-state index contributed by atoms with van der Waals surface area (Å²) in [6.07, 6.45) is 7.57. The van der Waals surface area contributed by atoms with Gasteiger partial charge in [0.15, 0.2) is 0 Å². The molecule has 25 heavy (non-hydrogen) atoms. The predicted octanol–water partition coefficient (Wildman–Crippen LogP) is 3.07. The number of rotatable bonds is 5. The van der Waals surface area contributed by atoms with Gasteiger partial charge in [-0.3, -0.25) is 4.98 Å². The number of aromatic nitrogens is 3. The first kappa shape index (κ1) is 16.4. The van der Waals surface area contributed by atoms with Crippen molar-refractivity contribution in [1.82, 2.24) is 14.6 Å². The lowest BCUT2D eigenvalue weighted by molar-refractivity contribution is 0.266. The van der Waals surface area contributed by atoms with Gasteiger partial charge in [0.25, 0.3) is 0 Å². The molecule has 0 amide bonds. The molecule has 0 saturated carbocycles. The van der Waals surface area contributed by atoms with Crippen molar-refractivity contribution in [2.45, 2.75) is 25.4 Å². The summed E-state index contributed by atoms with van der Waals surface area (Å²) >= 11 is 3.58. The van der Waals surface area contributed by atoms with E-state index < -0.39 is 0 Å². The summed E-state index contributed by atoms with van der Waals surface area (Å²) < 4.78 is 2.85. The van der Waals surface area contributed by atoms with E-state index in [0.29, 0.717) is 6.54 Å². The van der Waals surface area contributed by atoms with Crippen molar-refractivity contribution in [3.8, 4) is 0 Å². The molecule has 1 fully saturated rings. The first-order chi connectivity index (χ1) is 12.3. The molecule has 0 radical (unpaired) electrons. The molecular formula is C18H20BrN5O. The summed E-state index contributed by atoms with van der Waals surface area (Å²) in [7, 11) is 0. The number of anilines is 2. The number of fused-ring (bicyclic) bond motifs is 1. The van der Waals surface area contributed by atoms with Crippen LogP contribution in [0, 0.1) is 0 Å². The molecule has 4 rings (SSSR count). The Morgan fingerprint density at radius 1 is 1.32 bits per heavy atom. The molecule has 4 heterocycles. The van der Waals surface area contributed by atoms with Gasteiger partial charge in [0.05, 0.1) is 28.8 Å². The Morgan fingerprint density at radius 2 is 2.24 bits per heavy atom. The van der Waals surface area contributed by atoms with Crippen molar-refractivity contribution in [2.75, 3.05) is 23.4 Å². The van der Waals surface area contributed by atoms with Gasteiger partial charge in [-0.2, -0.15) is 5.10 Å². The van der Waals surface area contributed by atoms with Crippen LogP contribution < -0.4 is 10.2 Å². The lowest BCUT2D eigenvalue weighted by Crippen LogP contribution is -2.32. The maximum Gasteiger partial charge on any atom is 0.130 e. The van der Waals surface area contributed by atoms with E-state index in [9.17, 15) is 5.11 Å². The van der Waals surface area contributed by atoms with Gasteiger partial charge < -0.3 is 15.3 Å². The number of halogens is 1. The van der Waals surface area contributed by atoms with Crippen molar-refractivity contribution in [3.05, 3.63) is 52.9 Å². The van der Waals surface area contributed by atoms with Crippen LogP contribution in [0.25, 0.3) is 5.52 Å². The average Bonchev–Trinajstić information content (AvgIpc) is 3.27. The zero-order chi connectivity index (χ0) is 17.2. The van der Waals surface area contributed by atoms with Crippen LogP contribution in [0.3, 0.4) is 0 Å². The summed E-state index contributed by atoms with van der Waals surface area (Å²) in [5, 5.41) is 17.6. The molecular weight excluding hydrogens is 382 g/mol. The zero-order valence-corrected chi connectivity index (χ0v) is 15.4. The van der Waals surface area contributed by atoms with E-state index >= 15 is 0 Å². The van der Waals surface area contributed by atoms with E-state index in [1.165, 1.54) is 0 Å². The Kier molecular flexibility index (Phi) is 4.59. The van der Waals surface area contributed by atoms with Gasteiger partial charge in [-0.1, -0.05) is 6.07 Å². The maximum absolute atomic E-state index is 9.66. The molecule has 0 spiro atoms. The van der Waals surface area contributed by atoms with Crippen LogP contribution >= 0.6 is 15.9 Å². The first-order valence-corrected chi connectivity index (χ1v) is 9.23. The maximum atomic E-state index is 9.66. The highest BCUT2D eigenvalue weighted by atomic mass is 79.9. The number of pyridine rings is 2. The van der Waals surface area contributed by atoms with E-state index in [4.69, 9.17) is 0 Å². The molecule has 1 saturated heterocycles. The van der Waals surface area contributed by atoms with Crippen LogP contribution in [0.4, 0.5) is 11.5 Å². The zero-order valence-electron chi connectivity index (χ0n) is 13.8. The molecule has 0 aromatic carbocycles. The van der Waals surface area contributed by atoms with Crippen molar-refractivity contribution in [3.63, 3.8) is 0 Å². The Morgan fingerprint density at radius 3 is 3.04 bits per heavy atom. The largest absolute Gasteiger partial charge is 0.394 e. The van der Waals surface area contributed by atoms with E-state index in [1.54, 1.807) is 6.20 Å². The molecule has 7 heteroatoms. The lowest BCUT2D eigenvalue weighted by atomic mass is 10.2. The monoisotopic (exact) mass is 401 g/mol. The van der Waals surface area contributed by atoms with Crippen LogP contribution in [0.2, 0.25) is 0 Å². The number of nitrogens with one attached hydrogen (secondary N) is 1. The summed E-state index contributed by atoms with van der Waals surface area (Å²) in [5.41, 5.74) is 3.23. The van der Waals surface area contributed by atoms with Crippen LogP contribution in [0.15, 0.2) is 47.3 Å². The summed E-state index contributed by atoms with van der Waals surface area (Å²) in [6, 6.07) is 8.40. The SMILES string of the molecule is OC[C@H]1CCCN1c1cc(NCc2cccnc2)n2ncc(Br)c2c1. The normalized spacial score (nSPS) is 17.4. The van der Waals surface area contributed by atoms with Gasteiger partial charge in [-0.25, -0.2) is 4.52 Å². The highest BCUT2D eigenvalue weighted by Crippen LogP contribution is 2.31. The van der Waals surface area contributed by atoms with E-state index in [1.807, 2.05) is 29.0 Å². The van der Waals surface area contributed by atoms with Crippen LogP contribution in [0.5, 0.6) is 0 Å². The lowest BCUT2D eigenvalue weighted by Gasteiger charge is -2.26. The van der Waals surface area contributed by atoms with Crippen molar-refractivity contribution in [2.24, 2.45) is 0 Å². The van der Waals surface area contributed by atoms with Crippen LogP contribution in [-0.2, 0) is 6.54 Å². The number of hydrogen-bond donors (Lipinski definition) is 2. The van der Waals surface area contributed by atoms with Gasteiger partial charge in [-0.15, -0.1) is 0 Å². The molecule has 0 unspecified atom stereocenters. The number of nitrogens with zero attached hydrogens (tertiary/aromatic N) is 4. The first-order valence-electron chi connectivity index (χ1n) is 8.44. The second-order valence-electron chi connectivity index (χ2n) is 6.28. The van der Waals surface area contributed by atoms with Gasteiger partial charge in [0, 0.05) is 37.2 Å². The smallest absolute Gasteiger partial charge is 0.130 e. The third-order valence-corrected chi connectivity index (χ3v) is 5.28. The Balaban J connectivity index is 1.69. The molecule has 1 aliphatic rings. The number of aliphatic hydroxyl groups is 1. The molecule has 1 aliphatic heterocycles. The minimum Gasteiger partial charge on any atom is -0.394 e. The molecule has 2 N–H and O–H groups in total. The van der Waals surface area contributed by atoms with E-state index in [-0.39, 0.29) is 12.6 Å². The molecule has 1 atom stereocenters. The summed E-state index contributed by atoms with van der Waals surface area (Å²) in [6.45, 7) is 1.83. The fourth-order valence-electron chi connectivity index (χ4n) is 3.40. The summed E-state index contributed by atoms with van der Waals surface area (Å²) in [4.78, 5) is 6.45. The number of hydrogen-bond acceptors (Lipinski definition) is 5. The average molecular weight is 402 g/mol. The predicted molar refractivity (Wildman–Crippen MR) is 102 cm³/mol. The Labute approximate surface area is 154 Å². The van der Waals surface area contributed by atoms with Crippen molar-refractivity contribution >= 4 is 33.0 Å². The fraction of sp³-hybridized carbons (Fsp3) is 0.333. The van der Waals surface area contributed by atoms with Gasteiger partial charge in [0.1, 0.15) is 5.82 Å². The fourth-order valence-corrected chi connectivity index (χ4v) is 3.77. The second-order valence-corrected chi connectivity index (χ2v) is 7.13. The van der Waals surface area contributed by atoms with E-state index in [2.05, 4.69) is 48.4 Å². The van der Waals surface area contributed by atoms with Crippen LogP contribution in [0.1, 0.15) is 18.4 Å². The molecule has 130 valence electrons. The molecule has 3 aromatic rings. The van der Waals surface area contributed by atoms with Gasteiger partial charge in [-0.05, 0) is 46.5 Å². The molecule has 0 aliphatic carbocycles. The Hall–Kier alpha value is -2.12. The molecule has 6 nitrogen and oxygen atoms in total. The minimum absolute atomic E-state index is 0.185. The van der Waals surface area contributed by atoms with Crippen molar-refractivity contribution in [1.29, 1.82) is 0 Å². The molecule has 3 aromatic heterocycles. The van der Waals surface area contributed by atoms with Gasteiger partial charge in [0.2, 0.25) is 0 Å². The second kappa shape index (κ2) is 7.01. The van der Waals surface area contributed by atoms with E-state index in [0.717, 1.165) is 46.4 Å².